The number of nitrogens with zero attached hydrogens (tertiary/aromatic N) is 1. The average Bonchev–Trinajstić information content (AvgIpc) is 2.66. The van der Waals surface area contributed by atoms with Gasteiger partial charge in [0.1, 0.15) is 0 Å². The molecule has 1 aliphatic heterocycles. The van der Waals surface area contributed by atoms with E-state index >= 15 is 0 Å². The summed E-state index contributed by atoms with van der Waals surface area (Å²) in [5.74, 6) is -0.390. The highest BCUT2D eigenvalue weighted by atomic mass is 16.4. The largest absolute Gasteiger partial charge is 0.481 e. The molecule has 1 aliphatic carbocycles. The van der Waals surface area contributed by atoms with Crippen LogP contribution in [0, 0.1) is 11.8 Å². The molecule has 0 aromatic rings. The highest BCUT2D eigenvalue weighted by Crippen LogP contribution is 2.30. The van der Waals surface area contributed by atoms with Crippen molar-refractivity contribution in [2.45, 2.75) is 51.1 Å². The third-order valence-corrected chi connectivity index (χ3v) is 4.78. The van der Waals surface area contributed by atoms with Crippen molar-refractivity contribution in [2.75, 3.05) is 20.1 Å². The molecule has 4 heteroatoms. The van der Waals surface area contributed by atoms with E-state index in [2.05, 4.69) is 24.2 Å². The van der Waals surface area contributed by atoms with Crippen LogP contribution in [0.3, 0.4) is 0 Å². The normalized spacial score (nSPS) is 37.9. The molecule has 0 aromatic carbocycles. The summed E-state index contributed by atoms with van der Waals surface area (Å²) in [7, 11) is 2.16. The summed E-state index contributed by atoms with van der Waals surface area (Å²) in [5, 5.41) is 12.8. The molecule has 4 atom stereocenters. The van der Waals surface area contributed by atoms with Crippen LogP contribution in [0.25, 0.3) is 0 Å². The molecule has 2 fully saturated rings. The van der Waals surface area contributed by atoms with Gasteiger partial charge in [0.05, 0.1) is 5.92 Å². The van der Waals surface area contributed by atoms with E-state index in [1.54, 1.807) is 0 Å². The lowest BCUT2D eigenvalue weighted by molar-refractivity contribution is -0.144. The molecule has 4 nitrogen and oxygen atoms in total. The van der Waals surface area contributed by atoms with Crippen LogP contribution in [-0.4, -0.2) is 48.2 Å². The lowest BCUT2D eigenvalue weighted by atomic mass is 9.79. The van der Waals surface area contributed by atoms with E-state index < -0.39 is 5.97 Å². The average molecular weight is 254 g/mol. The van der Waals surface area contributed by atoms with Crippen molar-refractivity contribution in [3.8, 4) is 0 Å². The van der Waals surface area contributed by atoms with Gasteiger partial charge in [-0.15, -0.1) is 0 Å². The fourth-order valence-corrected chi connectivity index (χ4v) is 3.44. The molecule has 1 saturated heterocycles. The second-order valence-corrected chi connectivity index (χ2v) is 6.12. The predicted octanol–water partition coefficient (Wildman–Crippen LogP) is 1.56. The Bertz CT molecular complexity index is 286. The molecule has 0 spiro atoms. The van der Waals surface area contributed by atoms with Crippen molar-refractivity contribution >= 4 is 5.97 Å². The fourth-order valence-electron chi connectivity index (χ4n) is 3.44. The van der Waals surface area contributed by atoms with Gasteiger partial charge in [-0.1, -0.05) is 12.8 Å². The number of hydrogen-bond donors (Lipinski definition) is 2. The molecule has 104 valence electrons. The van der Waals surface area contributed by atoms with Crippen molar-refractivity contribution < 1.29 is 9.90 Å². The first-order valence-corrected chi connectivity index (χ1v) is 7.24. The van der Waals surface area contributed by atoms with Crippen molar-refractivity contribution in [1.82, 2.24) is 10.2 Å². The molecule has 0 radical (unpaired) electrons. The lowest BCUT2D eigenvalue weighted by Gasteiger charge is -2.29. The predicted molar refractivity (Wildman–Crippen MR) is 71.6 cm³/mol. The first-order chi connectivity index (χ1) is 8.58. The smallest absolute Gasteiger partial charge is 0.306 e. The van der Waals surface area contributed by atoms with E-state index in [1.807, 2.05) is 0 Å². The van der Waals surface area contributed by atoms with E-state index in [9.17, 15) is 9.90 Å². The molecular formula is C14H26N2O2. The summed E-state index contributed by atoms with van der Waals surface area (Å²) in [6, 6.07) is 1.19. The Morgan fingerprint density at radius 3 is 2.72 bits per heavy atom. The number of rotatable bonds is 4. The SMILES string of the molecule is CC1CC(NCC2CCCCC2C(=O)O)CN1C. The molecule has 2 aliphatic rings. The number of carboxylic acids is 1. The monoisotopic (exact) mass is 254 g/mol. The number of aliphatic carboxylic acids is 1. The summed E-state index contributed by atoms with van der Waals surface area (Å²) in [4.78, 5) is 13.6. The highest BCUT2D eigenvalue weighted by Gasteiger charge is 2.32. The van der Waals surface area contributed by atoms with Gasteiger partial charge in [-0.25, -0.2) is 0 Å². The Hall–Kier alpha value is -0.610. The maximum absolute atomic E-state index is 11.2. The third-order valence-electron chi connectivity index (χ3n) is 4.78. The second kappa shape index (κ2) is 6.02. The molecule has 2 rings (SSSR count). The Labute approximate surface area is 110 Å². The van der Waals surface area contributed by atoms with Gasteiger partial charge < -0.3 is 15.3 Å². The molecule has 1 heterocycles. The molecule has 1 saturated carbocycles. The molecule has 2 N–H and O–H groups in total. The third kappa shape index (κ3) is 3.23. The molecule has 18 heavy (non-hydrogen) atoms. The Kier molecular flexibility index (Phi) is 4.62. The Morgan fingerprint density at radius 1 is 1.39 bits per heavy atom. The van der Waals surface area contributed by atoms with Crippen LogP contribution >= 0.6 is 0 Å². The first kappa shape index (κ1) is 13.8. The first-order valence-electron chi connectivity index (χ1n) is 7.24. The number of carboxylic acid groups (broad SMARTS) is 1. The standard InChI is InChI=1S/C14H26N2O2/c1-10-7-12(9-16(10)2)15-8-11-5-3-4-6-13(11)14(17)18/h10-13,15H,3-9H2,1-2H3,(H,17,18). The minimum Gasteiger partial charge on any atom is -0.481 e. The van der Waals surface area contributed by atoms with Crippen molar-refractivity contribution in [3.63, 3.8) is 0 Å². The summed E-state index contributed by atoms with van der Waals surface area (Å²) in [5.41, 5.74) is 0. The molecule has 0 aromatic heterocycles. The maximum Gasteiger partial charge on any atom is 0.306 e. The van der Waals surface area contributed by atoms with E-state index in [1.165, 1.54) is 12.8 Å². The molecule has 0 bridgehead atoms. The lowest BCUT2D eigenvalue weighted by Crippen LogP contribution is -2.40. The van der Waals surface area contributed by atoms with E-state index in [-0.39, 0.29) is 5.92 Å². The molecule has 0 amide bonds. The van der Waals surface area contributed by atoms with Gasteiger partial charge in [-0.2, -0.15) is 0 Å². The van der Waals surface area contributed by atoms with Crippen molar-refractivity contribution in [3.05, 3.63) is 0 Å². The van der Waals surface area contributed by atoms with Gasteiger partial charge >= 0.3 is 5.97 Å². The Balaban J connectivity index is 1.80. The van der Waals surface area contributed by atoms with Crippen molar-refractivity contribution in [1.29, 1.82) is 0 Å². The van der Waals surface area contributed by atoms with Crippen LogP contribution in [0.2, 0.25) is 0 Å². The summed E-state index contributed by atoms with van der Waals surface area (Å²) < 4.78 is 0. The topological polar surface area (TPSA) is 52.6 Å². The summed E-state index contributed by atoms with van der Waals surface area (Å²) in [6.07, 6.45) is 5.39. The second-order valence-electron chi connectivity index (χ2n) is 6.12. The van der Waals surface area contributed by atoms with Crippen LogP contribution in [0.4, 0.5) is 0 Å². The van der Waals surface area contributed by atoms with Gasteiger partial charge in [0.15, 0.2) is 0 Å². The zero-order valence-corrected chi connectivity index (χ0v) is 11.6. The van der Waals surface area contributed by atoms with Gasteiger partial charge in [-0.3, -0.25) is 4.79 Å². The summed E-state index contributed by atoms with van der Waals surface area (Å²) in [6.45, 7) is 4.22. The van der Waals surface area contributed by atoms with Gasteiger partial charge in [0.2, 0.25) is 0 Å². The van der Waals surface area contributed by atoms with Crippen molar-refractivity contribution in [2.24, 2.45) is 11.8 Å². The van der Waals surface area contributed by atoms with E-state index in [4.69, 9.17) is 0 Å². The molecule has 4 unspecified atom stereocenters. The van der Waals surface area contributed by atoms with Gasteiger partial charge in [-0.05, 0) is 45.7 Å². The zero-order chi connectivity index (χ0) is 13.1. The van der Waals surface area contributed by atoms with Crippen LogP contribution < -0.4 is 5.32 Å². The number of nitrogens with one attached hydrogen (secondary N) is 1. The maximum atomic E-state index is 11.2. The fraction of sp³-hybridized carbons (Fsp3) is 0.929. The minimum absolute atomic E-state index is 0.122. The number of likely N-dealkylation sites (N-methyl/N-ethyl adjacent to an activating group) is 1. The highest BCUT2D eigenvalue weighted by molar-refractivity contribution is 5.70. The summed E-state index contributed by atoms with van der Waals surface area (Å²) >= 11 is 0. The quantitative estimate of drug-likeness (QED) is 0.799. The van der Waals surface area contributed by atoms with Crippen LogP contribution in [0.5, 0.6) is 0 Å². The molecular weight excluding hydrogens is 228 g/mol. The van der Waals surface area contributed by atoms with E-state index in [0.29, 0.717) is 18.0 Å². The van der Waals surface area contributed by atoms with Gasteiger partial charge in [0.25, 0.3) is 0 Å². The van der Waals surface area contributed by atoms with Crippen LogP contribution in [0.15, 0.2) is 0 Å². The Morgan fingerprint density at radius 2 is 2.11 bits per heavy atom. The zero-order valence-electron chi connectivity index (χ0n) is 11.6. The number of carbonyl (C=O) groups is 1. The van der Waals surface area contributed by atoms with Gasteiger partial charge in [0, 0.05) is 18.6 Å². The minimum atomic E-state index is -0.599. The van der Waals surface area contributed by atoms with Crippen LogP contribution in [0.1, 0.15) is 39.0 Å². The number of hydrogen-bond acceptors (Lipinski definition) is 3. The van der Waals surface area contributed by atoms with Crippen LogP contribution in [-0.2, 0) is 4.79 Å². The van der Waals surface area contributed by atoms with E-state index in [0.717, 1.165) is 32.4 Å². The number of likely N-dealkylation sites (tertiary alicyclic amines) is 1.